The maximum atomic E-state index is 14.4. The van der Waals surface area contributed by atoms with Gasteiger partial charge in [-0.3, -0.25) is 0 Å². The lowest BCUT2D eigenvalue weighted by Gasteiger charge is -2.24. The maximum absolute atomic E-state index is 14.4. The van der Waals surface area contributed by atoms with Gasteiger partial charge in [-0.1, -0.05) is 26.0 Å². The first kappa shape index (κ1) is 14.6. The molecule has 0 saturated heterocycles. The quantitative estimate of drug-likeness (QED) is 0.853. The molecule has 3 nitrogen and oxygen atoms in total. The monoisotopic (exact) mass is 304 g/mol. The van der Waals surface area contributed by atoms with Crippen molar-refractivity contribution < 1.29 is 13.5 Å². The second-order valence-electron chi connectivity index (χ2n) is 6.13. The molecular formula is C17H18F2N2O. The summed E-state index contributed by atoms with van der Waals surface area (Å²) in [5.74, 6) is -1.23. The lowest BCUT2D eigenvalue weighted by atomic mass is 9.86. The van der Waals surface area contributed by atoms with Gasteiger partial charge >= 0.3 is 0 Å². The number of nitrogens with zero attached hydrogens (tertiary/aromatic N) is 1. The molecule has 2 N–H and O–H groups in total. The van der Waals surface area contributed by atoms with Crippen LogP contribution >= 0.6 is 0 Å². The van der Waals surface area contributed by atoms with E-state index in [1.165, 1.54) is 7.11 Å². The Labute approximate surface area is 128 Å². The number of halogens is 2. The number of nitrogens with two attached hydrogens (primary N) is 1. The number of nitrogen functional groups attached to an aromatic ring is 1. The molecule has 2 aromatic carbocycles. The molecule has 0 bridgehead atoms. The van der Waals surface area contributed by atoms with E-state index in [1.54, 1.807) is 6.07 Å². The number of hydrogen-bond acceptors (Lipinski definition) is 3. The fraction of sp³-hybridized carbons (Fsp3) is 0.294. The van der Waals surface area contributed by atoms with Crippen molar-refractivity contribution in [2.45, 2.75) is 19.3 Å². The molecule has 0 unspecified atom stereocenters. The van der Waals surface area contributed by atoms with Crippen molar-refractivity contribution in [3.63, 3.8) is 0 Å². The summed E-state index contributed by atoms with van der Waals surface area (Å²) in [6, 6.07) is 8.16. The predicted molar refractivity (Wildman–Crippen MR) is 83.8 cm³/mol. The van der Waals surface area contributed by atoms with Crippen LogP contribution in [0.5, 0.6) is 5.75 Å². The molecule has 0 fully saturated rings. The largest absolute Gasteiger partial charge is 0.492 e. The van der Waals surface area contributed by atoms with Gasteiger partial charge in [0, 0.05) is 23.6 Å². The number of benzene rings is 2. The SMILES string of the molecule is COc1c(F)cc(F)c2c1N(c1ccccc1N)CC2(C)C. The molecule has 0 aromatic heterocycles. The Morgan fingerprint density at radius 2 is 1.86 bits per heavy atom. The molecule has 0 radical (unpaired) electrons. The van der Waals surface area contributed by atoms with E-state index in [0.717, 1.165) is 11.8 Å². The third-order valence-electron chi connectivity index (χ3n) is 4.09. The third-order valence-corrected chi connectivity index (χ3v) is 4.09. The lowest BCUT2D eigenvalue weighted by Crippen LogP contribution is -2.25. The van der Waals surface area contributed by atoms with Crippen molar-refractivity contribution in [1.82, 2.24) is 0 Å². The van der Waals surface area contributed by atoms with Gasteiger partial charge in [0.2, 0.25) is 0 Å². The summed E-state index contributed by atoms with van der Waals surface area (Å²) >= 11 is 0. The molecule has 1 aliphatic heterocycles. The van der Waals surface area contributed by atoms with Crippen LogP contribution in [0.25, 0.3) is 0 Å². The van der Waals surface area contributed by atoms with Crippen molar-refractivity contribution in [3.8, 4) is 5.75 Å². The summed E-state index contributed by atoms with van der Waals surface area (Å²) in [5.41, 5.74) is 7.71. The van der Waals surface area contributed by atoms with Crippen LogP contribution in [0.2, 0.25) is 0 Å². The van der Waals surface area contributed by atoms with Crippen molar-refractivity contribution in [2.75, 3.05) is 24.3 Å². The fourth-order valence-corrected chi connectivity index (χ4v) is 3.18. The average molecular weight is 304 g/mol. The smallest absolute Gasteiger partial charge is 0.178 e. The first-order chi connectivity index (χ1) is 10.4. The summed E-state index contributed by atoms with van der Waals surface area (Å²) < 4.78 is 33.7. The first-order valence-electron chi connectivity index (χ1n) is 7.05. The predicted octanol–water partition coefficient (Wildman–Crippen LogP) is 3.98. The van der Waals surface area contributed by atoms with Crippen LogP contribution < -0.4 is 15.4 Å². The number of para-hydroxylation sites is 2. The van der Waals surface area contributed by atoms with E-state index >= 15 is 0 Å². The standard InChI is InChI=1S/C17H18F2N2O/c1-17(2)9-21(13-7-5-4-6-12(13)20)15-14(17)10(18)8-11(19)16(15)22-3/h4-8H,9,20H2,1-3H3. The van der Waals surface area contributed by atoms with Crippen LogP contribution in [-0.2, 0) is 5.41 Å². The molecule has 2 aromatic rings. The highest BCUT2D eigenvalue weighted by Crippen LogP contribution is 2.51. The zero-order valence-electron chi connectivity index (χ0n) is 12.8. The Kier molecular flexibility index (Phi) is 3.24. The minimum absolute atomic E-state index is 0.0465. The molecule has 3 rings (SSSR count). The zero-order valence-corrected chi connectivity index (χ0v) is 12.8. The van der Waals surface area contributed by atoms with Gasteiger partial charge in [0.25, 0.3) is 0 Å². The first-order valence-corrected chi connectivity index (χ1v) is 7.05. The van der Waals surface area contributed by atoms with E-state index in [4.69, 9.17) is 10.5 Å². The lowest BCUT2D eigenvalue weighted by molar-refractivity contribution is 0.384. The zero-order chi connectivity index (χ0) is 16.1. The van der Waals surface area contributed by atoms with Crippen LogP contribution in [0.1, 0.15) is 19.4 Å². The molecule has 1 heterocycles. The minimum atomic E-state index is -0.712. The van der Waals surface area contributed by atoms with Crippen molar-refractivity contribution in [3.05, 3.63) is 47.5 Å². The summed E-state index contributed by atoms with van der Waals surface area (Å²) in [6.07, 6.45) is 0. The Morgan fingerprint density at radius 1 is 1.18 bits per heavy atom. The Morgan fingerprint density at radius 3 is 2.50 bits per heavy atom. The molecule has 0 aliphatic carbocycles. The number of methoxy groups -OCH3 is 1. The number of hydrogen-bond donors (Lipinski definition) is 1. The second kappa shape index (κ2) is 4.87. The van der Waals surface area contributed by atoms with Gasteiger partial charge in [-0.15, -0.1) is 0 Å². The highest BCUT2D eigenvalue weighted by Gasteiger charge is 2.42. The highest BCUT2D eigenvalue weighted by atomic mass is 19.1. The van der Waals surface area contributed by atoms with Gasteiger partial charge in [-0.05, 0) is 12.1 Å². The van der Waals surface area contributed by atoms with Gasteiger partial charge in [-0.2, -0.15) is 0 Å². The van der Waals surface area contributed by atoms with Crippen LogP contribution in [0.4, 0.5) is 25.8 Å². The Hall–Kier alpha value is -2.30. The molecule has 116 valence electrons. The van der Waals surface area contributed by atoms with Gasteiger partial charge < -0.3 is 15.4 Å². The fourth-order valence-electron chi connectivity index (χ4n) is 3.18. The summed E-state index contributed by atoms with van der Waals surface area (Å²) in [6.45, 7) is 4.34. The molecule has 0 spiro atoms. The Balaban J connectivity index is 2.31. The molecule has 0 amide bonds. The number of anilines is 3. The van der Waals surface area contributed by atoms with E-state index in [2.05, 4.69) is 0 Å². The average Bonchev–Trinajstić information content (AvgIpc) is 2.72. The second-order valence-corrected chi connectivity index (χ2v) is 6.13. The molecule has 0 saturated carbocycles. The van der Waals surface area contributed by atoms with E-state index in [0.29, 0.717) is 23.5 Å². The molecule has 22 heavy (non-hydrogen) atoms. The van der Waals surface area contributed by atoms with E-state index < -0.39 is 17.0 Å². The normalized spacial score (nSPS) is 15.8. The van der Waals surface area contributed by atoms with Crippen LogP contribution in [0, 0.1) is 11.6 Å². The Bertz CT molecular complexity index is 744. The van der Waals surface area contributed by atoms with Crippen LogP contribution in [0.15, 0.2) is 30.3 Å². The number of fused-ring (bicyclic) bond motifs is 1. The molecule has 0 atom stereocenters. The topological polar surface area (TPSA) is 38.5 Å². The number of rotatable bonds is 2. The summed E-state index contributed by atoms with van der Waals surface area (Å²) in [5, 5.41) is 0. The van der Waals surface area contributed by atoms with Crippen LogP contribution in [-0.4, -0.2) is 13.7 Å². The highest BCUT2D eigenvalue weighted by molar-refractivity contribution is 5.83. The van der Waals surface area contributed by atoms with Crippen molar-refractivity contribution in [1.29, 1.82) is 0 Å². The molecule has 1 aliphatic rings. The van der Waals surface area contributed by atoms with Gasteiger partial charge in [0.1, 0.15) is 5.82 Å². The van der Waals surface area contributed by atoms with Crippen molar-refractivity contribution >= 4 is 17.1 Å². The van der Waals surface area contributed by atoms with Gasteiger partial charge in [0.15, 0.2) is 11.6 Å². The molecule has 5 heteroatoms. The van der Waals surface area contributed by atoms with Gasteiger partial charge in [-0.25, -0.2) is 8.78 Å². The number of ether oxygens (including phenoxy) is 1. The van der Waals surface area contributed by atoms with Gasteiger partial charge in [0.05, 0.1) is 24.2 Å². The van der Waals surface area contributed by atoms with Crippen LogP contribution in [0.3, 0.4) is 0 Å². The maximum Gasteiger partial charge on any atom is 0.178 e. The summed E-state index contributed by atoms with van der Waals surface area (Å²) in [4.78, 5) is 1.83. The minimum Gasteiger partial charge on any atom is -0.492 e. The van der Waals surface area contributed by atoms with E-state index in [9.17, 15) is 8.78 Å². The van der Waals surface area contributed by atoms with Crippen molar-refractivity contribution in [2.24, 2.45) is 0 Å². The summed E-state index contributed by atoms with van der Waals surface area (Å²) in [7, 11) is 1.38. The van der Waals surface area contributed by atoms with E-state index in [1.807, 2.05) is 36.9 Å². The van der Waals surface area contributed by atoms with E-state index in [-0.39, 0.29) is 5.75 Å². The third kappa shape index (κ3) is 2.00. The molecular weight excluding hydrogens is 286 g/mol.